The molecule has 0 saturated heterocycles. The van der Waals surface area contributed by atoms with E-state index in [-0.39, 0.29) is 0 Å². The van der Waals surface area contributed by atoms with Gasteiger partial charge >= 0.3 is 0 Å². The molecule has 0 spiro atoms. The fourth-order valence-corrected chi connectivity index (χ4v) is 3.05. The minimum Gasteiger partial charge on any atom is -0.383 e. The van der Waals surface area contributed by atoms with Crippen LogP contribution in [0.1, 0.15) is 24.2 Å². The van der Waals surface area contributed by atoms with Gasteiger partial charge in [0.15, 0.2) is 0 Å². The molecule has 1 atom stereocenters. The van der Waals surface area contributed by atoms with Gasteiger partial charge in [-0.05, 0) is 28.9 Å². The third kappa shape index (κ3) is 2.05. The topological polar surface area (TPSA) is 55.9 Å². The number of aliphatic hydroxyl groups is 1. The number of nitrogens with zero attached hydrogens (tertiary/aromatic N) is 4. The van der Waals surface area contributed by atoms with Crippen LogP contribution in [0.25, 0.3) is 10.9 Å². The first-order chi connectivity index (χ1) is 9.61. The molecule has 1 N–H and O–H groups in total. The standard InChI is InChI=1S/C14H15BrN4O/c1-3-19-8-10(9-4-5-16-6-12(9)19)13(20)11-7-18(2)17-14(11)15/h4-8,13,20H,3H2,1-2H3. The first kappa shape index (κ1) is 13.3. The van der Waals surface area contributed by atoms with E-state index in [0.717, 1.165) is 28.6 Å². The SMILES string of the molecule is CCn1cc(C(O)c2cn(C)nc2Br)c2ccncc21. The largest absolute Gasteiger partial charge is 0.383 e. The summed E-state index contributed by atoms with van der Waals surface area (Å²) in [4.78, 5) is 4.16. The Morgan fingerprint density at radius 2 is 2.15 bits per heavy atom. The van der Waals surface area contributed by atoms with Gasteiger partial charge in [0.1, 0.15) is 10.7 Å². The fourth-order valence-electron chi connectivity index (χ4n) is 2.48. The van der Waals surface area contributed by atoms with Crippen LogP contribution in [0.2, 0.25) is 0 Å². The van der Waals surface area contributed by atoms with Gasteiger partial charge < -0.3 is 9.67 Å². The summed E-state index contributed by atoms with van der Waals surface area (Å²) in [5.41, 5.74) is 2.67. The Bertz CT molecular complexity index is 762. The summed E-state index contributed by atoms with van der Waals surface area (Å²) in [6, 6.07) is 1.93. The molecule has 0 radical (unpaired) electrons. The van der Waals surface area contributed by atoms with Crippen molar-refractivity contribution >= 4 is 26.8 Å². The van der Waals surface area contributed by atoms with E-state index in [0.29, 0.717) is 4.60 Å². The number of hydrogen-bond acceptors (Lipinski definition) is 3. The Labute approximate surface area is 125 Å². The number of fused-ring (bicyclic) bond motifs is 1. The van der Waals surface area contributed by atoms with Crippen LogP contribution < -0.4 is 0 Å². The number of pyridine rings is 1. The molecule has 0 amide bonds. The second-order valence-corrected chi connectivity index (χ2v) is 5.47. The smallest absolute Gasteiger partial charge is 0.134 e. The number of halogens is 1. The van der Waals surface area contributed by atoms with Crippen molar-refractivity contribution in [2.45, 2.75) is 19.6 Å². The number of aromatic nitrogens is 4. The summed E-state index contributed by atoms with van der Waals surface area (Å²) in [6.45, 7) is 2.91. The quantitative estimate of drug-likeness (QED) is 0.801. The predicted molar refractivity (Wildman–Crippen MR) is 80.4 cm³/mol. The molecule has 104 valence electrons. The third-order valence-electron chi connectivity index (χ3n) is 3.45. The number of rotatable bonds is 3. The van der Waals surface area contributed by atoms with Gasteiger partial charge in [0.05, 0.1) is 11.7 Å². The molecule has 0 aromatic carbocycles. The molecule has 3 rings (SSSR count). The van der Waals surface area contributed by atoms with Crippen molar-refractivity contribution in [2.75, 3.05) is 0 Å². The molecule has 0 aliphatic rings. The number of hydrogen-bond donors (Lipinski definition) is 1. The molecule has 3 heterocycles. The Hall–Kier alpha value is -1.66. The van der Waals surface area contributed by atoms with Gasteiger partial charge in [0.25, 0.3) is 0 Å². The van der Waals surface area contributed by atoms with Gasteiger partial charge in [-0.2, -0.15) is 5.10 Å². The molecule has 3 aromatic heterocycles. The lowest BCUT2D eigenvalue weighted by Crippen LogP contribution is -1.99. The molecule has 1 unspecified atom stereocenters. The minimum absolute atomic E-state index is 0.666. The van der Waals surface area contributed by atoms with Gasteiger partial charge in [-0.1, -0.05) is 0 Å². The highest BCUT2D eigenvalue weighted by atomic mass is 79.9. The molecule has 5 nitrogen and oxygen atoms in total. The van der Waals surface area contributed by atoms with E-state index in [1.54, 1.807) is 10.9 Å². The number of aliphatic hydroxyl groups excluding tert-OH is 1. The monoisotopic (exact) mass is 334 g/mol. The Kier molecular flexibility index (Phi) is 3.35. The highest BCUT2D eigenvalue weighted by Crippen LogP contribution is 2.33. The summed E-state index contributed by atoms with van der Waals surface area (Å²) >= 11 is 3.39. The van der Waals surface area contributed by atoms with Gasteiger partial charge in [0.2, 0.25) is 0 Å². The zero-order chi connectivity index (χ0) is 14.3. The Balaban J connectivity index is 2.17. The van der Waals surface area contributed by atoms with E-state index >= 15 is 0 Å². The minimum atomic E-state index is -0.712. The molecule has 0 aliphatic carbocycles. The van der Waals surface area contributed by atoms with Crippen LogP contribution in [-0.2, 0) is 13.6 Å². The predicted octanol–water partition coefficient (Wildman–Crippen LogP) is 2.63. The van der Waals surface area contributed by atoms with E-state index in [2.05, 4.69) is 37.5 Å². The van der Waals surface area contributed by atoms with Crippen molar-refractivity contribution in [3.8, 4) is 0 Å². The van der Waals surface area contributed by atoms with E-state index in [4.69, 9.17) is 0 Å². The lowest BCUT2D eigenvalue weighted by molar-refractivity contribution is 0.220. The normalized spacial score (nSPS) is 13.0. The van der Waals surface area contributed by atoms with Crippen molar-refractivity contribution in [1.29, 1.82) is 0 Å². The first-order valence-electron chi connectivity index (χ1n) is 6.41. The molecule has 6 heteroatoms. The maximum absolute atomic E-state index is 10.7. The first-order valence-corrected chi connectivity index (χ1v) is 7.21. The summed E-state index contributed by atoms with van der Waals surface area (Å²) in [5, 5.41) is 15.9. The van der Waals surface area contributed by atoms with Crippen LogP contribution in [0.3, 0.4) is 0 Å². The average Bonchev–Trinajstić information content (AvgIpc) is 2.98. The van der Waals surface area contributed by atoms with Crippen molar-refractivity contribution in [3.05, 3.63) is 46.6 Å². The maximum atomic E-state index is 10.7. The van der Waals surface area contributed by atoms with Crippen LogP contribution >= 0.6 is 15.9 Å². The second kappa shape index (κ2) is 5.03. The van der Waals surface area contributed by atoms with Gasteiger partial charge in [-0.15, -0.1) is 0 Å². The van der Waals surface area contributed by atoms with E-state index < -0.39 is 6.10 Å². The summed E-state index contributed by atoms with van der Waals surface area (Å²) in [7, 11) is 1.83. The van der Waals surface area contributed by atoms with Gasteiger partial charge in [0, 0.05) is 48.7 Å². The average molecular weight is 335 g/mol. The highest BCUT2D eigenvalue weighted by molar-refractivity contribution is 9.10. The van der Waals surface area contributed by atoms with E-state index in [9.17, 15) is 5.11 Å². The molecule has 20 heavy (non-hydrogen) atoms. The lowest BCUT2D eigenvalue weighted by Gasteiger charge is -2.07. The molecule has 0 fully saturated rings. The summed E-state index contributed by atoms with van der Waals surface area (Å²) in [6.07, 6.45) is 6.67. The zero-order valence-electron chi connectivity index (χ0n) is 11.3. The molecule has 0 aliphatic heterocycles. The molecule has 3 aromatic rings. The lowest BCUT2D eigenvalue weighted by atomic mass is 10.0. The van der Waals surface area contributed by atoms with E-state index in [1.807, 2.05) is 31.7 Å². The second-order valence-electron chi connectivity index (χ2n) is 4.71. The number of aryl methyl sites for hydroxylation is 2. The van der Waals surface area contributed by atoms with Crippen molar-refractivity contribution in [2.24, 2.45) is 7.05 Å². The molecular weight excluding hydrogens is 320 g/mol. The third-order valence-corrected chi connectivity index (χ3v) is 4.07. The van der Waals surface area contributed by atoms with Gasteiger partial charge in [-0.25, -0.2) is 0 Å². The Morgan fingerprint density at radius 3 is 2.80 bits per heavy atom. The van der Waals surface area contributed by atoms with Crippen LogP contribution in [0.4, 0.5) is 0 Å². The molecule has 0 bridgehead atoms. The van der Waals surface area contributed by atoms with Gasteiger partial charge in [-0.3, -0.25) is 9.67 Å². The van der Waals surface area contributed by atoms with Crippen LogP contribution in [0, 0.1) is 0 Å². The van der Waals surface area contributed by atoms with Crippen molar-refractivity contribution in [3.63, 3.8) is 0 Å². The fraction of sp³-hybridized carbons (Fsp3) is 0.286. The molecular formula is C14H15BrN4O. The van der Waals surface area contributed by atoms with Crippen LogP contribution in [0.5, 0.6) is 0 Å². The van der Waals surface area contributed by atoms with E-state index in [1.165, 1.54) is 0 Å². The summed E-state index contributed by atoms with van der Waals surface area (Å²) < 4.78 is 4.44. The van der Waals surface area contributed by atoms with Crippen LogP contribution in [0.15, 0.2) is 35.5 Å². The molecule has 0 saturated carbocycles. The zero-order valence-corrected chi connectivity index (χ0v) is 12.9. The summed E-state index contributed by atoms with van der Waals surface area (Å²) in [5.74, 6) is 0. The Morgan fingerprint density at radius 1 is 1.35 bits per heavy atom. The van der Waals surface area contributed by atoms with Crippen molar-refractivity contribution in [1.82, 2.24) is 19.3 Å². The highest BCUT2D eigenvalue weighted by Gasteiger charge is 2.21. The maximum Gasteiger partial charge on any atom is 0.134 e. The van der Waals surface area contributed by atoms with Crippen molar-refractivity contribution < 1.29 is 5.11 Å². The van der Waals surface area contributed by atoms with Crippen LogP contribution in [-0.4, -0.2) is 24.4 Å².